The van der Waals surface area contributed by atoms with Crippen molar-refractivity contribution in [2.75, 3.05) is 32.4 Å². The van der Waals surface area contributed by atoms with E-state index in [2.05, 4.69) is 27.3 Å². The fourth-order valence-corrected chi connectivity index (χ4v) is 5.19. The minimum Gasteiger partial charge on any atom is -0.336 e. The highest BCUT2D eigenvalue weighted by molar-refractivity contribution is 7.88. The molecule has 0 radical (unpaired) electrons. The van der Waals surface area contributed by atoms with E-state index in [1.54, 1.807) is 9.21 Å². The Morgan fingerprint density at radius 2 is 2.04 bits per heavy atom. The summed E-state index contributed by atoms with van der Waals surface area (Å²) in [4.78, 5) is 18.3. The second-order valence-electron chi connectivity index (χ2n) is 7.11. The van der Waals surface area contributed by atoms with Gasteiger partial charge in [0, 0.05) is 37.5 Å². The van der Waals surface area contributed by atoms with Crippen LogP contribution in [0.5, 0.6) is 0 Å². The van der Waals surface area contributed by atoms with E-state index >= 15 is 0 Å². The monoisotopic (exact) mass is 375 g/mol. The van der Waals surface area contributed by atoms with Gasteiger partial charge >= 0.3 is 0 Å². The van der Waals surface area contributed by atoms with Gasteiger partial charge in [-0.1, -0.05) is 30.3 Å². The van der Waals surface area contributed by atoms with Gasteiger partial charge < -0.3 is 4.90 Å². The summed E-state index contributed by atoms with van der Waals surface area (Å²) in [6, 6.07) is 10.0. The molecule has 138 valence electrons. The zero-order valence-corrected chi connectivity index (χ0v) is 15.3. The molecule has 0 aliphatic carbocycles. The van der Waals surface area contributed by atoms with Gasteiger partial charge in [-0.2, -0.15) is 5.10 Å². The van der Waals surface area contributed by atoms with E-state index in [0.29, 0.717) is 32.6 Å². The molecule has 2 saturated heterocycles. The van der Waals surface area contributed by atoms with Crippen LogP contribution < -0.4 is 0 Å². The molecule has 2 fully saturated rings. The summed E-state index contributed by atoms with van der Waals surface area (Å²) < 4.78 is 25.9. The number of carbonyl (C=O) groups excluding carboxylic acids is 1. The van der Waals surface area contributed by atoms with E-state index in [1.807, 2.05) is 18.2 Å². The van der Waals surface area contributed by atoms with Gasteiger partial charge in [-0.15, -0.1) is 0 Å². The number of hydrogen-bond acceptors (Lipinski definition) is 5. The van der Waals surface area contributed by atoms with E-state index in [4.69, 9.17) is 0 Å². The molecule has 0 spiro atoms. The molecule has 0 saturated carbocycles. The van der Waals surface area contributed by atoms with Crippen LogP contribution in [0, 0.1) is 5.92 Å². The molecule has 2 aromatic rings. The van der Waals surface area contributed by atoms with Crippen LogP contribution in [0.3, 0.4) is 0 Å². The Balaban J connectivity index is 1.66. The van der Waals surface area contributed by atoms with Gasteiger partial charge in [-0.25, -0.2) is 17.7 Å². The second-order valence-corrected chi connectivity index (χ2v) is 9.09. The highest BCUT2D eigenvalue weighted by atomic mass is 32.2. The zero-order valence-electron chi connectivity index (χ0n) is 14.5. The summed E-state index contributed by atoms with van der Waals surface area (Å²) >= 11 is 0. The lowest BCUT2D eigenvalue weighted by atomic mass is 9.68. The minimum absolute atomic E-state index is 0.0419. The molecule has 1 aromatic carbocycles. The Morgan fingerprint density at radius 1 is 1.27 bits per heavy atom. The third kappa shape index (κ3) is 2.80. The number of nitrogens with zero attached hydrogens (tertiary/aromatic N) is 4. The molecule has 1 N–H and O–H groups in total. The summed E-state index contributed by atoms with van der Waals surface area (Å²) in [6.07, 6.45) is 3.28. The highest BCUT2D eigenvalue weighted by Gasteiger charge is 2.53. The molecule has 9 heteroatoms. The molecule has 1 amide bonds. The Labute approximate surface area is 152 Å². The summed E-state index contributed by atoms with van der Waals surface area (Å²) in [5.41, 5.74) is 0.880. The van der Waals surface area contributed by atoms with Crippen LogP contribution in [-0.4, -0.2) is 71.1 Å². The number of H-pyrrole nitrogens is 1. The number of aromatic nitrogens is 3. The Hall–Kier alpha value is -2.26. The molecule has 26 heavy (non-hydrogen) atoms. The first-order valence-corrected chi connectivity index (χ1v) is 10.4. The number of nitrogens with one attached hydrogen (secondary N) is 1. The number of aromatic amines is 1. The molecule has 2 aliphatic rings. The van der Waals surface area contributed by atoms with Crippen molar-refractivity contribution < 1.29 is 13.2 Å². The van der Waals surface area contributed by atoms with E-state index in [0.717, 1.165) is 5.56 Å². The summed E-state index contributed by atoms with van der Waals surface area (Å²) in [5.74, 6) is 0.0670. The predicted octanol–water partition coefficient (Wildman–Crippen LogP) is 0.480. The minimum atomic E-state index is -3.29. The van der Waals surface area contributed by atoms with E-state index in [-0.39, 0.29) is 23.1 Å². The van der Waals surface area contributed by atoms with Crippen LogP contribution in [0.1, 0.15) is 22.6 Å². The summed E-state index contributed by atoms with van der Waals surface area (Å²) in [7, 11) is -3.29. The Morgan fingerprint density at radius 3 is 2.69 bits per heavy atom. The largest absolute Gasteiger partial charge is 0.336 e. The highest BCUT2D eigenvalue weighted by Crippen LogP contribution is 2.46. The maximum atomic E-state index is 12.6. The van der Waals surface area contributed by atoms with Crippen molar-refractivity contribution in [2.45, 2.75) is 11.8 Å². The van der Waals surface area contributed by atoms with Crippen molar-refractivity contribution in [3.05, 3.63) is 48.0 Å². The van der Waals surface area contributed by atoms with Crippen LogP contribution in [0.25, 0.3) is 0 Å². The lowest BCUT2D eigenvalue weighted by Gasteiger charge is -2.43. The average molecular weight is 375 g/mol. The lowest BCUT2D eigenvalue weighted by molar-refractivity contribution is 0.0591. The fraction of sp³-hybridized carbons (Fsp3) is 0.471. The number of piperidine rings is 1. The van der Waals surface area contributed by atoms with Crippen molar-refractivity contribution in [1.29, 1.82) is 0 Å². The van der Waals surface area contributed by atoms with Crippen LogP contribution in [0.4, 0.5) is 0 Å². The van der Waals surface area contributed by atoms with Gasteiger partial charge in [0.05, 0.1) is 6.26 Å². The molecule has 0 unspecified atom stereocenters. The predicted molar refractivity (Wildman–Crippen MR) is 94.9 cm³/mol. The maximum absolute atomic E-state index is 12.6. The first-order chi connectivity index (χ1) is 12.4. The van der Waals surface area contributed by atoms with E-state index < -0.39 is 10.0 Å². The van der Waals surface area contributed by atoms with Gasteiger partial charge in [0.15, 0.2) is 0 Å². The SMILES string of the molecule is CS(=O)(=O)N1C[C@@H]2CN(C(=O)c3ncn[nH]3)CC[C@@]2(c2ccccc2)C1. The number of sulfonamides is 1. The number of fused-ring (bicyclic) bond motifs is 1. The van der Waals surface area contributed by atoms with Gasteiger partial charge in [0.25, 0.3) is 5.91 Å². The Bertz CT molecular complexity index is 900. The number of hydrogen-bond donors (Lipinski definition) is 1. The zero-order chi connectivity index (χ0) is 18.4. The van der Waals surface area contributed by atoms with E-state index in [1.165, 1.54) is 12.6 Å². The van der Waals surface area contributed by atoms with Gasteiger partial charge in [0.1, 0.15) is 6.33 Å². The van der Waals surface area contributed by atoms with Crippen molar-refractivity contribution in [3.8, 4) is 0 Å². The topological polar surface area (TPSA) is 99.3 Å². The van der Waals surface area contributed by atoms with Crippen molar-refractivity contribution >= 4 is 15.9 Å². The Kier molecular flexibility index (Phi) is 4.07. The third-order valence-electron chi connectivity index (χ3n) is 5.66. The maximum Gasteiger partial charge on any atom is 0.291 e. The number of carbonyl (C=O) groups is 1. The quantitative estimate of drug-likeness (QED) is 0.841. The van der Waals surface area contributed by atoms with Crippen LogP contribution in [0.2, 0.25) is 0 Å². The average Bonchev–Trinajstić information content (AvgIpc) is 3.29. The number of amides is 1. The fourth-order valence-electron chi connectivity index (χ4n) is 4.27. The van der Waals surface area contributed by atoms with Crippen molar-refractivity contribution in [1.82, 2.24) is 24.4 Å². The molecule has 0 bridgehead atoms. The molecule has 2 aliphatic heterocycles. The number of benzene rings is 1. The van der Waals surface area contributed by atoms with E-state index in [9.17, 15) is 13.2 Å². The lowest BCUT2D eigenvalue weighted by Crippen LogP contribution is -2.51. The van der Waals surface area contributed by atoms with Crippen LogP contribution in [0.15, 0.2) is 36.7 Å². The van der Waals surface area contributed by atoms with Gasteiger partial charge in [0.2, 0.25) is 15.8 Å². The number of rotatable bonds is 3. The second kappa shape index (κ2) is 6.17. The smallest absolute Gasteiger partial charge is 0.291 e. The van der Waals surface area contributed by atoms with Gasteiger partial charge in [-0.3, -0.25) is 9.89 Å². The normalized spacial score (nSPS) is 26.7. The molecular formula is C17H21N5O3S. The van der Waals surface area contributed by atoms with Crippen molar-refractivity contribution in [3.63, 3.8) is 0 Å². The summed E-state index contributed by atoms with van der Waals surface area (Å²) in [5, 5.41) is 6.35. The summed E-state index contributed by atoms with van der Waals surface area (Å²) in [6.45, 7) is 1.95. The van der Waals surface area contributed by atoms with Crippen LogP contribution in [-0.2, 0) is 15.4 Å². The van der Waals surface area contributed by atoms with Crippen LogP contribution >= 0.6 is 0 Å². The van der Waals surface area contributed by atoms with Gasteiger partial charge in [-0.05, 0) is 12.0 Å². The standard InChI is InChI=1S/C17H21N5O3S/c1-26(24,25)22-10-14-9-21(16(23)15-18-12-19-20-15)8-7-17(14,11-22)13-5-3-2-4-6-13/h2-6,12,14H,7-11H2,1H3,(H,18,19,20)/t14-,17-/m0/s1. The molecule has 2 atom stereocenters. The molecular weight excluding hydrogens is 354 g/mol. The number of likely N-dealkylation sites (tertiary alicyclic amines) is 1. The first-order valence-electron chi connectivity index (χ1n) is 8.55. The molecule has 8 nitrogen and oxygen atoms in total. The molecule has 1 aromatic heterocycles. The molecule has 3 heterocycles. The van der Waals surface area contributed by atoms with Crippen molar-refractivity contribution in [2.24, 2.45) is 5.92 Å². The first kappa shape index (κ1) is 17.2. The molecule has 4 rings (SSSR count). The third-order valence-corrected chi connectivity index (χ3v) is 6.87.